The molecule has 1 atom stereocenters. The topological polar surface area (TPSA) is 60.9 Å². The van der Waals surface area contributed by atoms with Gasteiger partial charge < -0.3 is 14.9 Å². The Hall–Kier alpha value is -2.99. The maximum atomic E-state index is 13.3. The van der Waals surface area contributed by atoms with E-state index in [4.69, 9.17) is 0 Å². The molecule has 3 rings (SSSR count). The fourth-order valence-electron chi connectivity index (χ4n) is 3.28. The number of hydrogen-bond donors (Lipinski definition) is 1. The van der Waals surface area contributed by atoms with Crippen LogP contribution in [0.4, 0.5) is 4.39 Å². The Labute approximate surface area is 163 Å². The highest BCUT2D eigenvalue weighted by Crippen LogP contribution is 2.39. The minimum Gasteiger partial charge on any atom is -0.507 e. The molecular weight excluding hydrogens is 359 g/mol. The third-order valence-corrected chi connectivity index (χ3v) is 4.84. The number of rotatable bonds is 5. The second-order valence-electron chi connectivity index (χ2n) is 7.21. The lowest BCUT2D eigenvalue weighted by Gasteiger charge is -2.26. The first kappa shape index (κ1) is 19.8. The van der Waals surface area contributed by atoms with E-state index >= 15 is 0 Å². The maximum Gasteiger partial charge on any atom is 0.295 e. The van der Waals surface area contributed by atoms with Crippen LogP contribution in [-0.2, 0) is 9.59 Å². The summed E-state index contributed by atoms with van der Waals surface area (Å²) in [4.78, 5) is 28.9. The van der Waals surface area contributed by atoms with Crippen molar-refractivity contribution >= 4 is 17.4 Å². The Balaban J connectivity index is 2.13. The largest absolute Gasteiger partial charge is 0.507 e. The highest BCUT2D eigenvalue weighted by molar-refractivity contribution is 6.46. The van der Waals surface area contributed by atoms with E-state index in [0.717, 1.165) is 11.1 Å². The molecule has 146 valence electrons. The zero-order valence-corrected chi connectivity index (χ0v) is 16.1. The highest BCUT2D eigenvalue weighted by Gasteiger charge is 2.45. The van der Waals surface area contributed by atoms with E-state index in [9.17, 15) is 19.1 Å². The van der Waals surface area contributed by atoms with E-state index in [0.29, 0.717) is 18.7 Å². The third kappa shape index (κ3) is 3.82. The van der Waals surface area contributed by atoms with E-state index in [2.05, 4.69) is 0 Å². The number of ketones is 1. The molecule has 0 aliphatic carbocycles. The molecule has 6 heteroatoms. The number of Topliss-reactive ketones (excluding diaryl/α,β-unsaturated/α-hetero) is 1. The smallest absolute Gasteiger partial charge is 0.295 e. The molecule has 0 aromatic heterocycles. The first-order chi connectivity index (χ1) is 13.3. The van der Waals surface area contributed by atoms with Crippen molar-refractivity contribution in [2.24, 2.45) is 0 Å². The van der Waals surface area contributed by atoms with Gasteiger partial charge in [0.25, 0.3) is 11.7 Å². The van der Waals surface area contributed by atoms with Crippen molar-refractivity contribution in [1.82, 2.24) is 9.80 Å². The summed E-state index contributed by atoms with van der Waals surface area (Å²) in [5.74, 6) is -2.11. The van der Waals surface area contributed by atoms with Gasteiger partial charge in [-0.15, -0.1) is 0 Å². The Bertz CT molecular complexity index is 918. The monoisotopic (exact) mass is 382 g/mol. The molecule has 1 fully saturated rings. The highest BCUT2D eigenvalue weighted by atomic mass is 19.1. The predicted octanol–water partition coefficient (Wildman–Crippen LogP) is 3.12. The number of likely N-dealkylation sites (tertiary alicyclic amines) is 1. The minimum atomic E-state index is -0.730. The van der Waals surface area contributed by atoms with Crippen LogP contribution in [0.3, 0.4) is 0 Å². The summed E-state index contributed by atoms with van der Waals surface area (Å²) in [7, 11) is 3.77. The molecule has 2 aromatic carbocycles. The molecule has 0 unspecified atom stereocenters. The standard InChI is InChI=1S/C22H23FN2O3/c1-14-4-6-15(7-5-14)19-18(20(26)16-8-10-17(23)11-9-16)21(27)22(28)25(19)13-12-24(2)3/h4-11,19,26H,12-13H2,1-3H3/b20-18+/t19-/m0/s1. The van der Waals surface area contributed by atoms with Gasteiger partial charge in [-0.05, 0) is 50.8 Å². The summed E-state index contributed by atoms with van der Waals surface area (Å²) >= 11 is 0. The molecule has 5 nitrogen and oxygen atoms in total. The van der Waals surface area contributed by atoms with Gasteiger partial charge in [0.15, 0.2) is 0 Å². The molecule has 1 aliphatic rings. The molecule has 1 heterocycles. The average Bonchev–Trinajstić information content (AvgIpc) is 2.91. The Kier molecular flexibility index (Phi) is 5.61. The summed E-state index contributed by atoms with van der Waals surface area (Å²) in [6, 6.07) is 12.0. The van der Waals surface area contributed by atoms with Crippen molar-refractivity contribution in [1.29, 1.82) is 0 Å². The van der Waals surface area contributed by atoms with Gasteiger partial charge in [0.2, 0.25) is 0 Å². The van der Waals surface area contributed by atoms with Crippen molar-refractivity contribution in [3.05, 3.63) is 76.6 Å². The van der Waals surface area contributed by atoms with Gasteiger partial charge in [0, 0.05) is 18.7 Å². The van der Waals surface area contributed by atoms with Crippen LogP contribution in [0.5, 0.6) is 0 Å². The average molecular weight is 382 g/mol. The Morgan fingerprint density at radius 1 is 1.07 bits per heavy atom. The Morgan fingerprint density at radius 2 is 1.68 bits per heavy atom. The molecule has 0 saturated carbocycles. The van der Waals surface area contributed by atoms with Crippen LogP contribution in [-0.4, -0.2) is 53.8 Å². The number of benzene rings is 2. The molecule has 1 amide bonds. The number of amides is 1. The lowest BCUT2D eigenvalue weighted by Crippen LogP contribution is -2.35. The predicted molar refractivity (Wildman–Crippen MR) is 105 cm³/mol. The molecule has 1 aliphatic heterocycles. The van der Waals surface area contributed by atoms with Gasteiger partial charge in [-0.2, -0.15) is 0 Å². The number of aryl methyl sites for hydroxylation is 1. The number of aliphatic hydroxyl groups is 1. The zero-order chi connectivity index (χ0) is 20.4. The summed E-state index contributed by atoms with van der Waals surface area (Å²) in [6.07, 6.45) is 0. The second kappa shape index (κ2) is 7.94. The summed E-state index contributed by atoms with van der Waals surface area (Å²) in [5.41, 5.74) is 2.11. The summed E-state index contributed by atoms with van der Waals surface area (Å²) in [6.45, 7) is 2.87. The van der Waals surface area contributed by atoms with Crippen LogP contribution in [0.15, 0.2) is 54.1 Å². The van der Waals surface area contributed by atoms with Gasteiger partial charge >= 0.3 is 0 Å². The minimum absolute atomic E-state index is 0.0271. The van der Waals surface area contributed by atoms with Gasteiger partial charge in [0.1, 0.15) is 11.6 Å². The number of carbonyl (C=O) groups excluding carboxylic acids is 2. The van der Waals surface area contributed by atoms with Crippen LogP contribution < -0.4 is 0 Å². The number of aliphatic hydroxyl groups excluding tert-OH is 1. The first-order valence-corrected chi connectivity index (χ1v) is 9.05. The van der Waals surface area contributed by atoms with E-state index in [1.807, 2.05) is 50.2 Å². The fraction of sp³-hybridized carbons (Fsp3) is 0.273. The van der Waals surface area contributed by atoms with Gasteiger partial charge in [0.05, 0.1) is 11.6 Å². The van der Waals surface area contributed by atoms with E-state index < -0.39 is 23.5 Å². The Morgan fingerprint density at radius 3 is 2.25 bits per heavy atom. The third-order valence-electron chi connectivity index (χ3n) is 4.84. The van der Waals surface area contributed by atoms with Gasteiger partial charge in [-0.3, -0.25) is 9.59 Å². The molecule has 0 bridgehead atoms. The molecule has 2 aromatic rings. The number of nitrogens with zero attached hydrogens (tertiary/aromatic N) is 2. The summed E-state index contributed by atoms with van der Waals surface area (Å²) in [5, 5.41) is 10.8. The summed E-state index contributed by atoms with van der Waals surface area (Å²) < 4.78 is 13.3. The van der Waals surface area contributed by atoms with Crippen LogP contribution in [0, 0.1) is 12.7 Å². The van der Waals surface area contributed by atoms with Crippen molar-refractivity contribution in [2.75, 3.05) is 27.2 Å². The molecule has 1 saturated heterocycles. The van der Waals surface area contributed by atoms with Crippen molar-refractivity contribution in [3.63, 3.8) is 0 Å². The SMILES string of the molecule is Cc1ccc([C@H]2/C(=C(\O)c3ccc(F)cc3)C(=O)C(=O)N2CCN(C)C)cc1. The quantitative estimate of drug-likeness (QED) is 0.490. The van der Waals surface area contributed by atoms with Gasteiger partial charge in [-0.25, -0.2) is 4.39 Å². The number of hydrogen-bond acceptors (Lipinski definition) is 4. The van der Waals surface area contributed by atoms with Crippen LogP contribution in [0.2, 0.25) is 0 Å². The molecule has 28 heavy (non-hydrogen) atoms. The second-order valence-corrected chi connectivity index (χ2v) is 7.21. The lowest BCUT2D eigenvalue weighted by molar-refractivity contribution is -0.140. The lowest BCUT2D eigenvalue weighted by atomic mass is 9.95. The molecule has 0 spiro atoms. The first-order valence-electron chi connectivity index (χ1n) is 9.05. The van der Waals surface area contributed by atoms with Crippen LogP contribution in [0.25, 0.3) is 5.76 Å². The fourth-order valence-corrected chi connectivity index (χ4v) is 3.28. The van der Waals surface area contributed by atoms with Crippen molar-refractivity contribution in [3.8, 4) is 0 Å². The van der Waals surface area contributed by atoms with Crippen molar-refractivity contribution in [2.45, 2.75) is 13.0 Å². The molecule has 0 radical (unpaired) electrons. The van der Waals surface area contributed by atoms with E-state index in [-0.39, 0.29) is 11.3 Å². The van der Waals surface area contributed by atoms with Crippen molar-refractivity contribution < 1.29 is 19.1 Å². The van der Waals surface area contributed by atoms with E-state index in [1.54, 1.807) is 0 Å². The maximum absolute atomic E-state index is 13.3. The van der Waals surface area contributed by atoms with Crippen LogP contribution in [0.1, 0.15) is 22.7 Å². The number of likely N-dealkylation sites (N-methyl/N-ethyl adjacent to an activating group) is 1. The van der Waals surface area contributed by atoms with Crippen LogP contribution >= 0.6 is 0 Å². The number of halogens is 1. The molecular formula is C22H23FN2O3. The van der Waals surface area contributed by atoms with Gasteiger partial charge in [-0.1, -0.05) is 29.8 Å². The normalized spacial score (nSPS) is 18.9. The zero-order valence-electron chi connectivity index (χ0n) is 16.1. The van der Waals surface area contributed by atoms with E-state index in [1.165, 1.54) is 29.2 Å². The number of carbonyl (C=O) groups is 2. The molecule has 1 N–H and O–H groups in total.